The molecule has 0 bridgehead atoms. The van der Waals surface area contributed by atoms with Crippen LogP contribution in [-0.2, 0) is 17.6 Å². The van der Waals surface area contributed by atoms with Crippen LogP contribution in [0, 0.1) is 5.41 Å². The number of ketones is 1. The lowest BCUT2D eigenvalue weighted by molar-refractivity contribution is -0.127. The molecular weight excluding hydrogens is 282 g/mol. The number of aryl methyl sites for hydroxylation is 1. The minimum atomic E-state index is -0.411. The van der Waals surface area contributed by atoms with Crippen LogP contribution in [0.15, 0.2) is 24.3 Å². The van der Waals surface area contributed by atoms with Gasteiger partial charge in [0.25, 0.3) is 0 Å². The molecule has 0 radical (unpaired) electrons. The third-order valence-corrected chi connectivity index (χ3v) is 3.62. The third kappa shape index (κ3) is 6.70. The fourth-order valence-electron chi connectivity index (χ4n) is 2.51. The average molecular weight is 320 g/mol. The number of fused-ring (bicyclic) bond motifs is 1. The standard InChI is InChI=1S/C17H23NO.2C2H6.H2/c1-17(2,3)16(19)15(18)11-12-8-9-13-6-4-5-7-14(13)10-12;2*1-2;/h5,7-10,15H,4,6,11,18H2,1-3H3;2*1-2H3;1H. The van der Waals surface area contributed by atoms with Crippen molar-refractivity contribution in [2.45, 2.75) is 73.8 Å². The third-order valence-electron chi connectivity index (χ3n) is 3.62. The van der Waals surface area contributed by atoms with Crippen molar-refractivity contribution in [1.29, 1.82) is 0 Å². The van der Waals surface area contributed by atoms with Crippen LogP contribution < -0.4 is 5.73 Å². The highest BCUT2D eigenvalue weighted by Crippen LogP contribution is 2.22. The molecule has 1 aromatic carbocycles. The predicted molar refractivity (Wildman–Crippen MR) is 105 cm³/mol. The van der Waals surface area contributed by atoms with Crippen molar-refractivity contribution in [3.63, 3.8) is 0 Å². The summed E-state index contributed by atoms with van der Waals surface area (Å²) in [7, 11) is 0. The maximum absolute atomic E-state index is 12.1. The van der Waals surface area contributed by atoms with E-state index in [1.165, 1.54) is 11.1 Å². The summed E-state index contributed by atoms with van der Waals surface area (Å²) in [6, 6.07) is 6.03. The number of nitrogens with two attached hydrogens (primary N) is 1. The van der Waals surface area contributed by atoms with E-state index in [2.05, 4.69) is 30.4 Å². The van der Waals surface area contributed by atoms with Gasteiger partial charge in [-0.3, -0.25) is 4.79 Å². The van der Waals surface area contributed by atoms with Gasteiger partial charge in [0.15, 0.2) is 5.78 Å². The Morgan fingerprint density at radius 3 is 2.39 bits per heavy atom. The highest BCUT2D eigenvalue weighted by atomic mass is 16.1. The molecule has 0 saturated heterocycles. The molecular formula is C21H37NO. The summed E-state index contributed by atoms with van der Waals surface area (Å²) < 4.78 is 0. The van der Waals surface area contributed by atoms with Gasteiger partial charge in [0, 0.05) is 6.84 Å². The van der Waals surface area contributed by atoms with Crippen LogP contribution >= 0.6 is 0 Å². The molecule has 2 nitrogen and oxygen atoms in total. The van der Waals surface area contributed by atoms with Crippen molar-refractivity contribution in [3.8, 4) is 0 Å². The molecule has 1 unspecified atom stereocenters. The van der Waals surface area contributed by atoms with Crippen LogP contribution in [0.3, 0.4) is 0 Å². The van der Waals surface area contributed by atoms with Gasteiger partial charge in [0.05, 0.1) is 6.04 Å². The molecule has 0 aromatic heterocycles. The van der Waals surface area contributed by atoms with Gasteiger partial charge in [0.1, 0.15) is 0 Å². The molecule has 2 rings (SSSR count). The van der Waals surface area contributed by atoms with Gasteiger partial charge in [-0.15, -0.1) is 0 Å². The number of rotatable bonds is 3. The molecule has 132 valence electrons. The maximum Gasteiger partial charge on any atom is 0.155 e. The second-order valence-electron chi connectivity index (χ2n) is 6.40. The van der Waals surface area contributed by atoms with Crippen molar-refractivity contribution in [2.75, 3.05) is 0 Å². The summed E-state index contributed by atoms with van der Waals surface area (Å²) in [4.78, 5) is 12.1. The molecule has 0 spiro atoms. The molecule has 1 atom stereocenters. The Morgan fingerprint density at radius 1 is 1.22 bits per heavy atom. The quantitative estimate of drug-likeness (QED) is 0.807. The number of benzene rings is 1. The molecule has 2 heteroatoms. The normalized spacial score (nSPS) is 13.7. The van der Waals surface area contributed by atoms with Gasteiger partial charge in [0.2, 0.25) is 0 Å². The van der Waals surface area contributed by atoms with Crippen LogP contribution in [0.4, 0.5) is 0 Å². The van der Waals surface area contributed by atoms with Crippen molar-refractivity contribution >= 4 is 11.9 Å². The minimum absolute atomic E-state index is 0. The Labute approximate surface area is 144 Å². The fourth-order valence-corrected chi connectivity index (χ4v) is 2.51. The minimum Gasteiger partial charge on any atom is -0.321 e. The highest BCUT2D eigenvalue weighted by Gasteiger charge is 2.27. The summed E-state index contributed by atoms with van der Waals surface area (Å²) >= 11 is 0. The molecule has 1 aliphatic carbocycles. The molecule has 0 aliphatic heterocycles. The first kappa shape index (κ1) is 21.6. The largest absolute Gasteiger partial charge is 0.321 e. The number of carbonyl (C=O) groups is 1. The zero-order valence-electron chi connectivity index (χ0n) is 16.1. The number of allylic oxidation sites excluding steroid dienone is 1. The molecule has 0 amide bonds. The monoisotopic (exact) mass is 319 g/mol. The molecule has 2 N–H and O–H groups in total. The maximum atomic E-state index is 12.1. The van der Waals surface area contributed by atoms with E-state index in [9.17, 15) is 4.79 Å². The first-order valence-corrected chi connectivity index (χ1v) is 8.96. The number of hydrogen-bond donors (Lipinski definition) is 1. The Morgan fingerprint density at radius 2 is 1.83 bits per heavy atom. The van der Waals surface area contributed by atoms with E-state index in [1.807, 2.05) is 48.5 Å². The summed E-state index contributed by atoms with van der Waals surface area (Å²) in [5.74, 6) is 0.126. The van der Waals surface area contributed by atoms with Crippen LogP contribution in [0.2, 0.25) is 0 Å². The zero-order valence-corrected chi connectivity index (χ0v) is 16.1. The van der Waals surface area contributed by atoms with E-state index in [4.69, 9.17) is 5.73 Å². The second kappa shape index (κ2) is 10.4. The highest BCUT2D eigenvalue weighted by molar-refractivity contribution is 5.88. The molecule has 0 fully saturated rings. The first-order valence-electron chi connectivity index (χ1n) is 8.96. The van der Waals surface area contributed by atoms with Crippen molar-refractivity contribution < 1.29 is 6.22 Å². The van der Waals surface area contributed by atoms with Gasteiger partial charge in [-0.2, -0.15) is 0 Å². The molecule has 1 aromatic rings. The lowest BCUT2D eigenvalue weighted by Gasteiger charge is -2.22. The molecule has 1 aliphatic rings. The van der Waals surface area contributed by atoms with E-state index in [0.717, 1.165) is 18.4 Å². The first-order chi connectivity index (χ1) is 10.9. The van der Waals surface area contributed by atoms with Crippen LogP contribution in [0.1, 0.15) is 73.0 Å². The Bertz CT molecular complexity index is 515. The van der Waals surface area contributed by atoms with E-state index < -0.39 is 6.04 Å². The Balaban J connectivity index is 0. The summed E-state index contributed by atoms with van der Waals surface area (Å²) in [5.41, 5.74) is 9.49. The van der Waals surface area contributed by atoms with E-state index >= 15 is 0 Å². The van der Waals surface area contributed by atoms with Gasteiger partial charge >= 0.3 is 0 Å². The second-order valence-corrected chi connectivity index (χ2v) is 6.40. The Hall–Kier alpha value is -1.41. The lowest BCUT2D eigenvalue weighted by Crippen LogP contribution is -2.40. The fraction of sp³-hybridized carbons (Fsp3) is 0.571. The molecule has 23 heavy (non-hydrogen) atoms. The van der Waals surface area contributed by atoms with Crippen LogP contribution in [0.5, 0.6) is 0 Å². The number of Topliss-reactive ketones (excluding diaryl/α,β-unsaturated/α-hetero) is 1. The van der Waals surface area contributed by atoms with Gasteiger partial charge in [-0.25, -0.2) is 0 Å². The number of hydrogen-bond acceptors (Lipinski definition) is 2. The lowest BCUT2D eigenvalue weighted by atomic mass is 9.84. The zero-order chi connectivity index (χ0) is 18.0. The van der Waals surface area contributed by atoms with Crippen molar-refractivity contribution in [3.05, 3.63) is 41.0 Å². The van der Waals surface area contributed by atoms with E-state index in [0.29, 0.717) is 6.42 Å². The van der Waals surface area contributed by atoms with E-state index in [-0.39, 0.29) is 12.6 Å². The van der Waals surface area contributed by atoms with Crippen LogP contribution in [-0.4, -0.2) is 11.8 Å². The predicted octanol–water partition coefficient (Wildman–Crippen LogP) is 5.43. The van der Waals surface area contributed by atoms with Gasteiger partial charge in [-0.05, 0) is 36.0 Å². The van der Waals surface area contributed by atoms with Gasteiger partial charge in [-0.1, -0.05) is 78.8 Å². The van der Waals surface area contributed by atoms with Crippen LogP contribution in [0.25, 0.3) is 6.08 Å². The Kier molecular flexibility index (Phi) is 9.74. The summed E-state index contributed by atoms with van der Waals surface area (Å²) in [5, 5.41) is 0. The summed E-state index contributed by atoms with van der Waals surface area (Å²) in [6.45, 7) is 13.8. The molecule has 0 saturated carbocycles. The summed E-state index contributed by atoms with van der Waals surface area (Å²) in [6.07, 6.45) is 7.22. The topological polar surface area (TPSA) is 43.1 Å². The SMILES string of the molecule is CC.CC.CC(C)(C)C(=O)C(N)Cc1ccc2c(c1)C=CCC2.[HH]. The van der Waals surface area contributed by atoms with E-state index in [1.54, 1.807) is 0 Å². The molecule has 0 heterocycles. The van der Waals surface area contributed by atoms with Crippen molar-refractivity contribution in [1.82, 2.24) is 0 Å². The smallest absolute Gasteiger partial charge is 0.155 e. The van der Waals surface area contributed by atoms with Gasteiger partial charge < -0.3 is 5.73 Å². The average Bonchev–Trinajstić information content (AvgIpc) is 2.57. The number of carbonyl (C=O) groups excluding carboxylic acids is 1. The van der Waals surface area contributed by atoms with Crippen molar-refractivity contribution in [2.24, 2.45) is 11.1 Å².